The number of rotatable bonds is 13. The number of anilines is 1. The van der Waals surface area contributed by atoms with Gasteiger partial charge in [0, 0.05) is 24.0 Å². The van der Waals surface area contributed by atoms with Gasteiger partial charge in [-0.2, -0.15) is 13.2 Å². The molecule has 4 aromatic rings. The van der Waals surface area contributed by atoms with E-state index in [4.69, 9.17) is 23.2 Å². The Morgan fingerprint density at radius 3 is 2.08 bits per heavy atom. The lowest BCUT2D eigenvalue weighted by atomic mass is 10.0. The van der Waals surface area contributed by atoms with E-state index in [9.17, 15) is 31.2 Å². The van der Waals surface area contributed by atoms with Gasteiger partial charge in [0.05, 0.1) is 21.2 Å². The lowest BCUT2D eigenvalue weighted by molar-refractivity contribution is -0.140. The van der Waals surface area contributed by atoms with Crippen LogP contribution >= 0.6 is 23.2 Å². The van der Waals surface area contributed by atoms with Crippen LogP contribution in [0.4, 0.5) is 18.9 Å². The Morgan fingerprint density at radius 1 is 0.854 bits per heavy atom. The molecule has 0 unspecified atom stereocenters. The molecule has 4 rings (SSSR count). The predicted molar refractivity (Wildman–Crippen MR) is 181 cm³/mol. The van der Waals surface area contributed by atoms with Gasteiger partial charge in [-0.1, -0.05) is 90.8 Å². The van der Waals surface area contributed by atoms with Crippen LogP contribution in [0.2, 0.25) is 10.0 Å². The molecule has 0 fully saturated rings. The number of amides is 2. The zero-order valence-electron chi connectivity index (χ0n) is 26.1. The first kappa shape index (κ1) is 36.8. The lowest BCUT2D eigenvalue weighted by Gasteiger charge is -2.34. The molecule has 48 heavy (non-hydrogen) atoms. The van der Waals surface area contributed by atoms with Crippen molar-refractivity contribution in [2.75, 3.05) is 10.8 Å². The third-order valence-corrected chi connectivity index (χ3v) is 10.0. The summed E-state index contributed by atoms with van der Waals surface area (Å²) < 4.78 is 70.5. The molecule has 0 aromatic heterocycles. The molecule has 0 heterocycles. The molecule has 2 atom stereocenters. The zero-order chi connectivity index (χ0) is 35.1. The standard InChI is InChI=1S/C35H34Cl2F3N3O4S/c1-3-24(2)41-34(45)32(20-25-11-6-4-7-12-25)42(22-26-13-10-14-27(36)19-26)33(44)23-43(48(46,47)29-15-8-5-9-16-29)28-17-18-31(37)30(21-28)35(38,39)40/h4-19,21,24,32H,3,20,22-23H2,1-2H3,(H,41,45)/t24-,32-/m1/s1. The zero-order valence-corrected chi connectivity index (χ0v) is 28.5. The summed E-state index contributed by atoms with van der Waals surface area (Å²) in [6.45, 7) is 2.62. The van der Waals surface area contributed by atoms with E-state index in [0.29, 0.717) is 27.4 Å². The van der Waals surface area contributed by atoms with E-state index in [-0.39, 0.29) is 23.9 Å². The van der Waals surface area contributed by atoms with Crippen molar-refractivity contribution in [3.8, 4) is 0 Å². The quantitative estimate of drug-likeness (QED) is 0.153. The Kier molecular flexibility index (Phi) is 12.2. The van der Waals surface area contributed by atoms with Gasteiger partial charge >= 0.3 is 6.18 Å². The Bertz CT molecular complexity index is 1830. The van der Waals surface area contributed by atoms with E-state index in [1.165, 1.54) is 29.2 Å². The minimum absolute atomic E-state index is 0.0695. The molecule has 0 saturated carbocycles. The fraction of sp³-hybridized carbons (Fsp3) is 0.257. The fourth-order valence-corrected chi connectivity index (χ4v) is 6.83. The molecular weight excluding hydrogens is 686 g/mol. The summed E-state index contributed by atoms with van der Waals surface area (Å²) in [4.78, 5) is 29.4. The summed E-state index contributed by atoms with van der Waals surface area (Å²) in [6, 6.07) is 23.9. The van der Waals surface area contributed by atoms with Crippen molar-refractivity contribution in [2.45, 2.75) is 56.4 Å². The first-order valence-corrected chi connectivity index (χ1v) is 17.2. The number of carbonyl (C=O) groups excluding carboxylic acids is 2. The topological polar surface area (TPSA) is 86.8 Å². The molecule has 4 aromatic carbocycles. The third-order valence-electron chi connectivity index (χ3n) is 7.67. The second-order valence-electron chi connectivity index (χ2n) is 11.2. The Morgan fingerprint density at radius 2 is 1.48 bits per heavy atom. The van der Waals surface area contributed by atoms with Crippen molar-refractivity contribution in [3.05, 3.63) is 130 Å². The lowest BCUT2D eigenvalue weighted by Crippen LogP contribution is -2.54. The van der Waals surface area contributed by atoms with Crippen LogP contribution in [0.3, 0.4) is 0 Å². The van der Waals surface area contributed by atoms with E-state index in [0.717, 1.165) is 17.7 Å². The Hall–Kier alpha value is -4.06. The minimum Gasteiger partial charge on any atom is -0.352 e. The van der Waals surface area contributed by atoms with Crippen LogP contribution in [0, 0.1) is 0 Å². The molecule has 0 aliphatic heterocycles. The van der Waals surface area contributed by atoms with Crippen molar-refractivity contribution >= 4 is 50.7 Å². The van der Waals surface area contributed by atoms with Crippen molar-refractivity contribution in [1.29, 1.82) is 0 Å². The molecule has 254 valence electrons. The van der Waals surface area contributed by atoms with Crippen molar-refractivity contribution in [1.82, 2.24) is 10.2 Å². The Balaban J connectivity index is 1.86. The van der Waals surface area contributed by atoms with E-state index >= 15 is 0 Å². The first-order chi connectivity index (χ1) is 22.7. The third kappa shape index (κ3) is 9.30. The molecular formula is C35H34Cl2F3N3O4S. The maximum atomic E-state index is 14.5. The number of benzene rings is 4. The second-order valence-corrected chi connectivity index (χ2v) is 13.9. The van der Waals surface area contributed by atoms with Gasteiger partial charge in [-0.15, -0.1) is 0 Å². The van der Waals surface area contributed by atoms with E-state index in [2.05, 4.69) is 5.32 Å². The van der Waals surface area contributed by atoms with Crippen LogP contribution in [-0.2, 0) is 38.8 Å². The molecule has 0 aliphatic carbocycles. The van der Waals surface area contributed by atoms with Gasteiger partial charge in [0.2, 0.25) is 11.8 Å². The molecule has 0 aliphatic rings. The molecule has 0 radical (unpaired) electrons. The number of halogens is 5. The van der Waals surface area contributed by atoms with E-state index in [1.807, 2.05) is 13.8 Å². The number of sulfonamides is 1. The maximum Gasteiger partial charge on any atom is 0.417 e. The van der Waals surface area contributed by atoms with Gasteiger partial charge in [0.15, 0.2) is 0 Å². The summed E-state index contributed by atoms with van der Waals surface area (Å²) in [5.74, 6) is -1.31. The molecule has 2 amide bonds. The fourth-order valence-electron chi connectivity index (χ4n) is 4.96. The van der Waals surface area contributed by atoms with Crippen molar-refractivity contribution in [2.24, 2.45) is 0 Å². The van der Waals surface area contributed by atoms with Gasteiger partial charge in [0.1, 0.15) is 12.6 Å². The van der Waals surface area contributed by atoms with Gasteiger partial charge in [-0.25, -0.2) is 8.42 Å². The van der Waals surface area contributed by atoms with Crippen LogP contribution < -0.4 is 9.62 Å². The van der Waals surface area contributed by atoms with Crippen molar-refractivity contribution in [3.63, 3.8) is 0 Å². The normalized spacial score (nSPS) is 13.0. The highest BCUT2D eigenvalue weighted by Gasteiger charge is 2.37. The molecule has 0 saturated heterocycles. The van der Waals surface area contributed by atoms with E-state index < -0.39 is 56.9 Å². The summed E-state index contributed by atoms with van der Waals surface area (Å²) in [5, 5.41) is 2.66. The van der Waals surface area contributed by atoms with E-state index in [1.54, 1.807) is 60.7 Å². The second kappa shape index (κ2) is 15.9. The molecule has 7 nitrogen and oxygen atoms in total. The van der Waals surface area contributed by atoms with Crippen LogP contribution in [0.15, 0.2) is 108 Å². The predicted octanol–water partition coefficient (Wildman–Crippen LogP) is 7.76. The SMILES string of the molecule is CC[C@@H](C)NC(=O)[C@@H](Cc1ccccc1)N(Cc1cccc(Cl)c1)C(=O)CN(c1ccc(Cl)c(C(F)(F)F)c1)S(=O)(=O)c1ccccc1. The maximum absolute atomic E-state index is 14.5. The van der Waals surface area contributed by atoms with Crippen LogP contribution in [0.1, 0.15) is 37.0 Å². The molecule has 1 N–H and O–H groups in total. The highest BCUT2D eigenvalue weighted by molar-refractivity contribution is 7.92. The summed E-state index contributed by atoms with van der Waals surface area (Å²) in [7, 11) is -4.61. The molecule has 0 bridgehead atoms. The largest absolute Gasteiger partial charge is 0.417 e. The van der Waals surface area contributed by atoms with Crippen LogP contribution in [0.25, 0.3) is 0 Å². The summed E-state index contributed by atoms with van der Waals surface area (Å²) in [5.41, 5.74) is -0.427. The number of nitrogens with zero attached hydrogens (tertiary/aromatic N) is 2. The average molecular weight is 721 g/mol. The monoisotopic (exact) mass is 719 g/mol. The molecule has 0 spiro atoms. The first-order valence-electron chi connectivity index (χ1n) is 15.0. The Labute approximate surface area is 288 Å². The summed E-state index contributed by atoms with van der Waals surface area (Å²) >= 11 is 12.1. The van der Waals surface area contributed by atoms with Gasteiger partial charge in [-0.3, -0.25) is 13.9 Å². The van der Waals surface area contributed by atoms with Gasteiger partial charge < -0.3 is 10.2 Å². The molecule has 13 heteroatoms. The summed E-state index contributed by atoms with van der Waals surface area (Å²) in [6.07, 6.45) is -4.24. The van der Waals surface area contributed by atoms with Crippen LogP contribution in [0.5, 0.6) is 0 Å². The highest BCUT2D eigenvalue weighted by atomic mass is 35.5. The van der Waals surface area contributed by atoms with Crippen LogP contribution in [-0.4, -0.2) is 43.8 Å². The smallest absolute Gasteiger partial charge is 0.352 e. The number of nitrogens with one attached hydrogen (secondary N) is 1. The van der Waals surface area contributed by atoms with Crippen molar-refractivity contribution < 1.29 is 31.2 Å². The average Bonchev–Trinajstić information content (AvgIpc) is 3.05. The highest BCUT2D eigenvalue weighted by Crippen LogP contribution is 2.38. The number of hydrogen-bond acceptors (Lipinski definition) is 4. The number of carbonyl (C=O) groups is 2. The minimum atomic E-state index is -4.91. The number of alkyl halides is 3. The van der Waals surface area contributed by atoms with Gasteiger partial charge in [0.25, 0.3) is 10.0 Å². The van der Waals surface area contributed by atoms with Gasteiger partial charge in [-0.05, 0) is 66.9 Å². The number of hydrogen-bond donors (Lipinski definition) is 1.